The van der Waals surface area contributed by atoms with Gasteiger partial charge in [0.25, 0.3) is 0 Å². The summed E-state index contributed by atoms with van der Waals surface area (Å²) in [5, 5.41) is 11.1. The summed E-state index contributed by atoms with van der Waals surface area (Å²) < 4.78 is 4.62. The third-order valence-electron chi connectivity index (χ3n) is 2.24. The minimum atomic E-state index is -0.357. The lowest BCUT2D eigenvalue weighted by Gasteiger charge is -2.02. The second-order valence-corrected chi connectivity index (χ2v) is 3.24. The van der Waals surface area contributed by atoms with Crippen molar-refractivity contribution in [3.63, 3.8) is 0 Å². The third-order valence-corrected chi connectivity index (χ3v) is 2.24. The van der Waals surface area contributed by atoms with E-state index >= 15 is 0 Å². The van der Waals surface area contributed by atoms with Gasteiger partial charge < -0.3 is 9.84 Å². The van der Waals surface area contributed by atoms with Gasteiger partial charge >= 0.3 is 5.97 Å². The van der Waals surface area contributed by atoms with Gasteiger partial charge in [-0.1, -0.05) is 26.0 Å². The van der Waals surface area contributed by atoms with Crippen LogP contribution in [0.4, 0.5) is 0 Å². The van der Waals surface area contributed by atoms with Crippen molar-refractivity contribution in [1.82, 2.24) is 0 Å². The molecular formula is C14H16O3. The first-order valence-electron chi connectivity index (χ1n) is 5.52. The number of methoxy groups -OCH3 is 1. The number of carbonyl (C=O) groups is 1. The van der Waals surface area contributed by atoms with Crippen LogP contribution in [0.3, 0.4) is 0 Å². The van der Waals surface area contributed by atoms with E-state index in [0.29, 0.717) is 5.56 Å². The molecule has 0 aromatic heterocycles. The van der Waals surface area contributed by atoms with E-state index in [1.807, 2.05) is 13.8 Å². The van der Waals surface area contributed by atoms with Crippen LogP contribution in [0.1, 0.15) is 24.2 Å². The lowest BCUT2D eigenvalue weighted by molar-refractivity contribution is 0.0601. The van der Waals surface area contributed by atoms with Gasteiger partial charge in [-0.2, -0.15) is 0 Å². The molecule has 0 unspecified atom stereocenters. The Kier molecular flexibility index (Phi) is 4.52. The molecule has 3 nitrogen and oxygen atoms in total. The first-order chi connectivity index (χ1) is 8.20. The Labute approximate surface area is 101 Å². The monoisotopic (exact) mass is 232 g/mol. The summed E-state index contributed by atoms with van der Waals surface area (Å²) in [6, 6.07) is 10.2. The van der Waals surface area contributed by atoms with Crippen LogP contribution in [0.5, 0.6) is 5.75 Å². The number of carbonyl (C=O) groups excluding carboxylic acids is 1. The molecule has 0 heterocycles. The van der Waals surface area contributed by atoms with E-state index in [1.165, 1.54) is 7.11 Å². The van der Waals surface area contributed by atoms with Crippen LogP contribution in [-0.2, 0) is 4.74 Å². The van der Waals surface area contributed by atoms with Gasteiger partial charge in [0, 0.05) is 0 Å². The predicted octanol–water partition coefficient (Wildman–Crippen LogP) is 3.36. The largest absolute Gasteiger partial charge is 0.508 e. The van der Waals surface area contributed by atoms with Crippen molar-refractivity contribution in [3.05, 3.63) is 42.0 Å². The van der Waals surface area contributed by atoms with E-state index in [4.69, 9.17) is 0 Å². The van der Waals surface area contributed by atoms with Gasteiger partial charge in [-0.05, 0) is 35.0 Å². The number of fused-ring (bicyclic) bond motifs is 1. The number of rotatable bonds is 1. The predicted molar refractivity (Wildman–Crippen MR) is 68.3 cm³/mol. The highest BCUT2D eigenvalue weighted by Crippen LogP contribution is 2.21. The number of hydrogen-bond acceptors (Lipinski definition) is 3. The van der Waals surface area contributed by atoms with Gasteiger partial charge in [0.05, 0.1) is 12.7 Å². The molecule has 2 aromatic carbocycles. The summed E-state index contributed by atoms with van der Waals surface area (Å²) in [5.41, 5.74) is 0.510. The van der Waals surface area contributed by atoms with Gasteiger partial charge in [0.2, 0.25) is 0 Å². The fourth-order valence-electron chi connectivity index (χ4n) is 1.48. The lowest BCUT2D eigenvalue weighted by Crippen LogP contribution is -2.00. The van der Waals surface area contributed by atoms with E-state index in [-0.39, 0.29) is 11.7 Å². The Bertz CT molecular complexity index is 518. The van der Waals surface area contributed by atoms with E-state index < -0.39 is 0 Å². The van der Waals surface area contributed by atoms with Crippen molar-refractivity contribution in [3.8, 4) is 5.75 Å². The molecule has 0 aliphatic rings. The topological polar surface area (TPSA) is 46.5 Å². The standard InChI is InChI=1S/C12H10O3.C2H6/c1-15-12(14)10-3-2-9-7-11(13)5-4-8(9)6-10;1-2/h2-7,13H,1H3;1-2H3. The molecule has 2 aromatic rings. The number of ether oxygens (including phenoxy) is 1. The van der Waals surface area contributed by atoms with Crippen molar-refractivity contribution in [1.29, 1.82) is 0 Å². The molecule has 0 bridgehead atoms. The minimum Gasteiger partial charge on any atom is -0.508 e. The number of esters is 1. The minimum absolute atomic E-state index is 0.216. The van der Waals surface area contributed by atoms with Crippen molar-refractivity contribution in [2.45, 2.75) is 13.8 Å². The molecule has 2 rings (SSSR count). The van der Waals surface area contributed by atoms with Crippen LogP contribution in [0.15, 0.2) is 36.4 Å². The second-order valence-electron chi connectivity index (χ2n) is 3.24. The quantitative estimate of drug-likeness (QED) is 0.767. The summed E-state index contributed by atoms with van der Waals surface area (Å²) in [6.07, 6.45) is 0. The number of aromatic hydroxyl groups is 1. The number of benzene rings is 2. The fraction of sp³-hybridized carbons (Fsp3) is 0.214. The molecule has 0 amide bonds. The van der Waals surface area contributed by atoms with Crippen LogP contribution in [-0.4, -0.2) is 18.2 Å². The van der Waals surface area contributed by atoms with Gasteiger partial charge in [0.1, 0.15) is 5.75 Å². The molecule has 0 aliphatic carbocycles. The lowest BCUT2D eigenvalue weighted by atomic mass is 10.1. The SMILES string of the molecule is CC.COC(=O)c1ccc2cc(O)ccc2c1. The Morgan fingerprint density at radius 1 is 1.06 bits per heavy atom. The highest BCUT2D eigenvalue weighted by molar-refractivity contribution is 5.95. The van der Waals surface area contributed by atoms with Gasteiger partial charge in [-0.3, -0.25) is 0 Å². The first kappa shape index (κ1) is 13.0. The molecule has 1 N–H and O–H groups in total. The van der Waals surface area contributed by atoms with Crippen molar-refractivity contribution >= 4 is 16.7 Å². The molecule has 17 heavy (non-hydrogen) atoms. The number of phenols is 1. The average Bonchev–Trinajstić information content (AvgIpc) is 2.39. The molecular weight excluding hydrogens is 216 g/mol. The molecule has 0 saturated carbocycles. The third kappa shape index (κ3) is 2.97. The first-order valence-corrected chi connectivity index (χ1v) is 5.52. The molecule has 0 saturated heterocycles. The summed E-state index contributed by atoms with van der Waals surface area (Å²) in [7, 11) is 1.35. The van der Waals surface area contributed by atoms with E-state index in [9.17, 15) is 9.90 Å². The Morgan fingerprint density at radius 3 is 2.29 bits per heavy atom. The van der Waals surface area contributed by atoms with Crippen LogP contribution in [0.25, 0.3) is 10.8 Å². The zero-order valence-corrected chi connectivity index (χ0v) is 10.2. The van der Waals surface area contributed by atoms with Crippen LogP contribution in [0, 0.1) is 0 Å². The van der Waals surface area contributed by atoms with Crippen LogP contribution < -0.4 is 0 Å². The van der Waals surface area contributed by atoms with Gasteiger partial charge in [-0.25, -0.2) is 4.79 Å². The van der Waals surface area contributed by atoms with Gasteiger partial charge in [0.15, 0.2) is 0 Å². The van der Waals surface area contributed by atoms with Crippen molar-refractivity contribution in [2.75, 3.05) is 7.11 Å². The Balaban J connectivity index is 0.000000686. The summed E-state index contributed by atoms with van der Waals surface area (Å²) in [5.74, 6) is -0.140. The highest BCUT2D eigenvalue weighted by atomic mass is 16.5. The summed E-state index contributed by atoms with van der Waals surface area (Å²) in [4.78, 5) is 11.3. The Hall–Kier alpha value is -2.03. The molecule has 0 fully saturated rings. The zero-order chi connectivity index (χ0) is 12.8. The van der Waals surface area contributed by atoms with E-state index in [0.717, 1.165) is 10.8 Å². The maximum atomic E-state index is 11.3. The van der Waals surface area contributed by atoms with E-state index in [1.54, 1.807) is 36.4 Å². The molecule has 3 heteroatoms. The Morgan fingerprint density at radius 2 is 1.65 bits per heavy atom. The van der Waals surface area contributed by atoms with Crippen LogP contribution in [0.2, 0.25) is 0 Å². The zero-order valence-electron chi connectivity index (χ0n) is 10.2. The molecule has 0 radical (unpaired) electrons. The highest BCUT2D eigenvalue weighted by Gasteiger charge is 2.05. The molecule has 0 aliphatic heterocycles. The average molecular weight is 232 g/mol. The fourth-order valence-corrected chi connectivity index (χ4v) is 1.48. The van der Waals surface area contributed by atoms with Gasteiger partial charge in [-0.15, -0.1) is 0 Å². The number of phenolic OH excluding ortho intramolecular Hbond substituents is 1. The second kappa shape index (κ2) is 5.89. The molecule has 0 spiro atoms. The normalized spacial score (nSPS) is 9.35. The summed E-state index contributed by atoms with van der Waals surface area (Å²) in [6.45, 7) is 4.00. The maximum Gasteiger partial charge on any atom is 0.337 e. The number of hydrogen-bond donors (Lipinski definition) is 1. The molecule has 90 valence electrons. The van der Waals surface area contributed by atoms with E-state index in [2.05, 4.69) is 4.74 Å². The maximum absolute atomic E-state index is 11.3. The summed E-state index contributed by atoms with van der Waals surface area (Å²) >= 11 is 0. The van der Waals surface area contributed by atoms with Crippen molar-refractivity contribution < 1.29 is 14.6 Å². The smallest absolute Gasteiger partial charge is 0.337 e. The van der Waals surface area contributed by atoms with Crippen molar-refractivity contribution in [2.24, 2.45) is 0 Å². The van der Waals surface area contributed by atoms with Crippen LogP contribution >= 0.6 is 0 Å². The molecule has 0 atom stereocenters.